The summed E-state index contributed by atoms with van der Waals surface area (Å²) in [5, 5.41) is 0. The van der Waals surface area contributed by atoms with Gasteiger partial charge in [-0.3, -0.25) is 4.79 Å². The third kappa shape index (κ3) is 2.62. The second-order valence-corrected chi connectivity index (χ2v) is 1.81. The zero-order valence-corrected chi connectivity index (χ0v) is 5.96. The zero-order valence-electron chi connectivity index (χ0n) is 5.96. The second-order valence-electron chi connectivity index (χ2n) is 1.81. The van der Waals surface area contributed by atoms with E-state index in [1.165, 1.54) is 7.11 Å². The Morgan fingerprint density at radius 1 is 1.90 bits per heavy atom. The highest BCUT2D eigenvalue weighted by atomic mass is 16.5. The number of ether oxygens (including phenoxy) is 1. The number of hydrogen-bond acceptors (Lipinski definition) is 3. The summed E-state index contributed by atoms with van der Waals surface area (Å²) < 4.78 is 4.77. The number of methoxy groups -OCH3 is 1. The molecular weight excluding hydrogens is 130 g/mol. The number of carbonyl (C=O) groups excluding carboxylic acids is 1. The number of nitrogens with two attached hydrogens (primary N) is 1. The number of hydrogen-bond donors (Lipinski definition) is 1. The molecule has 0 aromatic heterocycles. The minimum absolute atomic E-state index is 0.340. The summed E-state index contributed by atoms with van der Waals surface area (Å²) in [5.74, 6) is 1.64. The van der Waals surface area contributed by atoms with Crippen LogP contribution < -0.4 is 5.73 Å². The van der Waals surface area contributed by atoms with Gasteiger partial charge in [-0.15, -0.1) is 6.42 Å². The molecule has 0 heterocycles. The highest BCUT2D eigenvalue weighted by molar-refractivity contribution is 5.98. The molecule has 0 rings (SSSR count). The molecule has 0 spiro atoms. The van der Waals surface area contributed by atoms with Crippen LogP contribution in [0.1, 0.15) is 6.42 Å². The fourth-order valence-corrected chi connectivity index (χ4v) is 0.600. The molecule has 1 unspecified atom stereocenters. The van der Waals surface area contributed by atoms with Gasteiger partial charge in [0.1, 0.15) is 6.10 Å². The fourth-order valence-electron chi connectivity index (χ4n) is 0.600. The Morgan fingerprint density at radius 3 is 2.80 bits per heavy atom. The Bertz CT molecular complexity index is 148. The first kappa shape index (κ1) is 9.15. The van der Waals surface area contributed by atoms with Gasteiger partial charge in [-0.2, -0.15) is 0 Å². The van der Waals surface area contributed by atoms with E-state index in [-0.39, 0.29) is 5.78 Å². The van der Waals surface area contributed by atoms with Gasteiger partial charge in [0.05, 0.1) is 0 Å². The van der Waals surface area contributed by atoms with Crippen LogP contribution in [0.2, 0.25) is 0 Å². The molecule has 10 heavy (non-hydrogen) atoms. The Kier molecular flexibility index (Phi) is 4.55. The molecule has 1 atom stereocenters. The van der Waals surface area contributed by atoms with Crippen LogP contribution in [-0.2, 0) is 9.53 Å². The molecule has 0 amide bonds. The van der Waals surface area contributed by atoms with E-state index in [4.69, 9.17) is 16.9 Å². The van der Waals surface area contributed by atoms with E-state index in [1.54, 1.807) is 0 Å². The molecule has 3 nitrogen and oxygen atoms in total. The Labute approximate surface area is 60.5 Å². The van der Waals surface area contributed by atoms with E-state index in [2.05, 4.69) is 0 Å². The van der Waals surface area contributed by atoms with Crippen molar-refractivity contribution in [2.75, 3.05) is 13.7 Å². The fraction of sp³-hybridized carbons (Fsp3) is 0.571. The lowest BCUT2D eigenvalue weighted by atomic mass is 10.2. The Morgan fingerprint density at radius 2 is 2.50 bits per heavy atom. The molecule has 2 N–H and O–H groups in total. The van der Waals surface area contributed by atoms with Crippen molar-refractivity contribution in [1.82, 2.24) is 0 Å². The third-order valence-electron chi connectivity index (χ3n) is 1.15. The van der Waals surface area contributed by atoms with Crippen molar-refractivity contribution >= 4 is 5.78 Å². The molecule has 0 aliphatic heterocycles. The van der Waals surface area contributed by atoms with E-state index in [9.17, 15) is 4.79 Å². The first-order valence-electron chi connectivity index (χ1n) is 2.99. The van der Waals surface area contributed by atoms with Gasteiger partial charge >= 0.3 is 0 Å². The van der Waals surface area contributed by atoms with E-state index >= 15 is 0 Å². The number of ketones is 1. The van der Waals surface area contributed by atoms with Crippen molar-refractivity contribution in [2.24, 2.45) is 5.73 Å². The zero-order chi connectivity index (χ0) is 7.98. The third-order valence-corrected chi connectivity index (χ3v) is 1.15. The highest BCUT2D eigenvalue weighted by Gasteiger charge is 2.12. The lowest BCUT2D eigenvalue weighted by Crippen LogP contribution is -2.24. The largest absolute Gasteiger partial charge is 0.373 e. The van der Waals surface area contributed by atoms with Crippen molar-refractivity contribution in [3.63, 3.8) is 0 Å². The molecular formula is C7H11NO2. The Hall–Kier alpha value is -0.850. The maximum Gasteiger partial charge on any atom is 0.233 e. The molecule has 0 aliphatic carbocycles. The first-order valence-corrected chi connectivity index (χ1v) is 2.99. The molecule has 0 aromatic rings. The molecule has 3 heteroatoms. The summed E-state index contributed by atoms with van der Waals surface area (Å²) in [6, 6.07) is 0. The molecule has 0 bridgehead atoms. The lowest BCUT2D eigenvalue weighted by Gasteiger charge is -2.07. The van der Waals surface area contributed by atoms with Crippen molar-refractivity contribution < 1.29 is 9.53 Å². The van der Waals surface area contributed by atoms with Gasteiger partial charge in [0.25, 0.3) is 0 Å². The summed E-state index contributed by atoms with van der Waals surface area (Å²) in [4.78, 5) is 10.7. The molecule has 0 saturated carbocycles. The minimum atomic E-state index is -0.519. The SMILES string of the molecule is C#CC(=O)C(CCN)OC. The average molecular weight is 141 g/mol. The van der Waals surface area contributed by atoms with E-state index in [0.717, 1.165) is 0 Å². The van der Waals surface area contributed by atoms with Crippen LogP contribution >= 0.6 is 0 Å². The van der Waals surface area contributed by atoms with Gasteiger partial charge < -0.3 is 10.5 Å². The van der Waals surface area contributed by atoms with E-state index < -0.39 is 6.10 Å². The summed E-state index contributed by atoms with van der Waals surface area (Å²) in [6.07, 6.45) is 4.83. The van der Waals surface area contributed by atoms with Crippen LogP contribution in [0.25, 0.3) is 0 Å². The van der Waals surface area contributed by atoms with Crippen LogP contribution in [0.15, 0.2) is 0 Å². The van der Waals surface area contributed by atoms with Gasteiger partial charge in [0.15, 0.2) is 0 Å². The predicted molar refractivity (Wildman–Crippen MR) is 38.3 cm³/mol. The molecule has 0 saturated heterocycles. The van der Waals surface area contributed by atoms with E-state index in [1.807, 2.05) is 5.92 Å². The molecule has 56 valence electrons. The van der Waals surface area contributed by atoms with Gasteiger partial charge in [-0.25, -0.2) is 0 Å². The quantitative estimate of drug-likeness (QED) is 0.426. The normalized spacial score (nSPS) is 12.1. The molecule has 0 fully saturated rings. The standard InChI is InChI=1S/C7H11NO2/c1-3-6(9)7(10-2)4-5-8/h1,7H,4-5,8H2,2H3. The van der Waals surface area contributed by atoms with Crippen LogP contribution in [0.5, 0.6) is 0 Å². The number of Topliss-reactive ketones (excluding diaryl/α,β-unsaturated/α-hetero) is 1. The average Bonchev–Trinajstić information content (AvgIpc) is 1.99. The van der Waals surface area contributed by atoms with Gasteiger partial charge in [0, 0.05) is 7.11 Å². The van der Waals surface area contributed by atoms with Crippen LogP contribution in [0.3, 0.4) is 0 Å². The topological polar surface area (TPSA) is 52.3 Å². The van der Waals surface area contributed by atoms with Crippen LogP contribution in [0.4, 0.5) is 0 Å². The van der Waals surface area contributed by atoms with E-state index in [0.29, 0.717) is 13.0 Å². The van der Waals surface area contributed by atoms with Crippen molar-refractivity contribution in [2.45, 2.75) is 12.5 Å². The number of carbonyl (C=O) groups is 1. The summed E-state index contributed by atoms with van der Waals surface area (Å²) in [6.45, 7) is 0.409. The monoisotopic (exact) mass is 141 g/mol. The van der Waals surface area contributed by atoms with Crippen molar-refractivity contribution in [1.29, 1.82) is 0 Å². The highest BCUT2D eigenvalue weighted by Crippen LogP contribution is 1.95. The van der Waals surface area contributed by atoms with Crippen molar-refractivity contribution in [3.05, 3.63) is 0 Å². The Balaban J connectivity index is 3.83. The summed E-state index contributed by atoms with van der Waals surface area (Å²) in [5.41, 5.74) is 5.20. The van der Waals surface area contributed by atoms with Gasteiger partial charge in [-0.05, 0) is 18.9 Å². The summed E-state index contributed by atoms with van der Waals surface area (Å²) in [7, 11) is 1.44. The van der Waals surface area contributed by atoms with Crippen LogP contribution in [0, 0.1) is 12.3 Å². The van der Waals surface area contributed by atoms with Gasteiger partial charge in [0.2, 0.25) is 5.78 Å². The maximum atomic E-state index is 10.7. The minimum Gasteiger partial charge on any atom is -0.373 e. The lowest BCUT2D eigenvalue weighted by molar-refractivity contribution is -0.123. The second kappa shape index (κ2) is 4.98. The first-order chi connectivity index (χ1) is 4.76. The van der Waals surface area contributed by atoms with Gasteiger partial charge in [-0.1, -0.05) is 0 Å². The molecule has 0 radical (unpaired) electrons. The molecule has 0 aromatic carbocycles. The smallest absolute Gasteiger partial charge is 0.233 e. The number of terminal acetylenes is 1. The molecule has 0 aliphatic rings. The number of rotatable bonds is 4. The van der Waals surface area contributed by atoms with Crippen molar-refractivity contribution in [3.8, 4) is 12.3 Å². The summed E-state index contributed by atoms with van der Waals surface area (Å²) >= 11 is 0. The maximum absolute atomic E-state index is 10.7. The predicted octanol–water partition coefficient (Wildman–Crippen LogP) is -0.448. The van der Waals surface area contributed by atoms with Crippen LogP contribution in [-0.4, -0.2) is 25.5 Å².